The van der Waals surface area contributed by atoms with E-state index in [1.807, 2.05) is 18.2 Å². The Morgan fingerprint density at radius 3 is 3.14 bits per heavy atom. The molecule has 0 unspecified atom stereocenters. The second-order valence-electron chi connectivity index (χ2n) is 3.27. The second-order valence-corrected chi connectivity index (χ2v) is 3.27. The Labute approximate surface area is 81.8 Å². The molecule has 0 radical (unpaired) electrons. The Hall–Kier alpha value is -1.39. The summed E-state index contributed by atoms with van der Waals surface area (Å²) in [5, 5.41) is 9.70. The van der Waals surface area contributed by atoms with E-state index in [1.165, 1.54) is 0 Å². The fourth-order valence-corrected chi connectivity index (χ4v) is 1.49. The highest BCUT2D eigenvalue weighted by Crippen LogP contribution is 2.19. The van der Waals surface area contributed by atoms with E-state index in [4.69, 9.17) is 5.73 Å². The molecule has 0 amide bonds. The average molecular weight is 191 g/mol. The summed E-state index contributed by atoms with van der Waals surface area (Å²) in [4.78, 5) is 7.11. The zero-order valence-electron chi connectivity index (χ0n) is 7.77. The first kappa shape index (κ1) is 9.18. The van der Waals surface area contributed by atoms with Gasteiger partial charge in [-0.3, -0.25) is 0 Å². The first-order valence-electron chi connectivity index (χ1n) is 4.62. The molecule has 1 aromatic heterocycles. The van der Waals surface area contributed by atoms with Gasteiger partial charge < -0.3 is 15.8 Å². The van der Waals surface area contributed by atoms with Crippen molar-refractivity contribution in [2.45, 2.75) is 12.5 Å². The van der Waals surface area contributed by atoms with Crippen molar-refractivity contribution in [3.05, 3.63) is 30.1 Å². The van der Waals surface area contributed by atoms with Gasteiger partial charge in [0.15, 0.2) is 0 Å². The van der Waals surface area contributed by atoms with Crippen LogP contribution >= 0.6 is 0 Å². The predicted molar refractivity (Wildman–Crippen MR) is 54.7 cm³/mol. The molecule has 0 aliphatic heterocycles. The summed E-state index contributed by atoms with van der Waals surface area (Å²) in [7, 11) is 0. The van der Waals surface area contributed by atoms with Crippen LogP contribution < -0.4 is 5.73 Å². The molecule has 14 heavy (non-hydrogen) atoms. The van der Waals surface area contributed by atoms with Gasteiger partial charge >= 0.3 is 0 Å². The van der Waals surface area contributed by atoms with Crippen LogP contribution in [0.5, 0.6) is 0 Å². The lowest BCUT2D eigenvalue weighted by molar-refractivity contribution is 0.170. The normalized spacial score (nSPS) is 13.3. The average Bonchev–Trinajstić information content (AvgIpc) is 2.64. The molecule has 0 fully saturated rings. The first-order valence-corrected chi connectivity index (χ1v) is 4.62. The summed E-state index contributed by atoms with van der Waals surface area (Å²) >= 11 is 0. The summed E-state index contributed by atoms with van der Waals surface area (Å²) < 4.78 is 0. The van der Waals surface area contributed by atoms with Crippen molar-refractivity contribution in [1.29, 1.82) is 0 Å². The van der Waals surface area contributed by atoms with Crippen molar-refractivity contribution in [3.63, 3.8) is 0 Å². The quantitative estimate of drug-likeness (QED) is 0.676. The number of aromatic nitrogens is 2. The molecule has 0 saturated heterocycles. The standard InChI is InChI=1S/C10H13N3O/c11-4-3-10(14)7-1-2-8-9(5-7)13-6-12-8/h1-2,5-6,10,14H,3-4,11H2,(H,12,13)/t10-/m1/s1. The minimum Gasteiger partial charge on any atom is -0.388 e. The highest BCUT2D eigenvalue weighted by atomic mass is 16.3. The highest BCUT2D eigenvalue weighted by molar-refractivity contribution is 5.75. The van der Waals surface area contributed by atoms with Gasteiger partial charge in [-0.05, 0) is 30.7 Å². The zero-order chi connectivity index (χ0) is 9.97. The maximum atomic E-state index is 9.70. The van der Waals surface area contributed by atoms with Crippen molar-refractivity contribution in [2.24, 2.45) is 5.73 Å². The van der Waals surface area contributed by atoms with Crippen LogP contribution in [0.15, 0.2) is 24.5 Å². The van der Waals surface area contributed by atoms with Crippen LogP contribution in [-0.4, -0.2) is 21.6 Å². The Bertz CT molecular complexity index is 424. The number of aliphatic hydroxyl groups is 1. The minimum absolute atomic E-state index is 0.479. The lowest BCUT2D eigenvalue weighted by Crippen LogP contribution is -2.06. The number of nitrogens with two attached hydrogens (primary N) is 1. The summed E-state index contributed by atoms with van der Waals surface area (Å²) in [6, 6.07) is 5.67. The third kappa shape index (κ3) is 1.62. The molecule has 4 N–H and O–H groups in total. The molecule has 4 heteroatoms. The molecular weight excluding hydrogens is 178 g/mol. The Morgan fingerprint density at radius 2 is 2.36 bits per heavy atom. The van der Waals surface area contributed by atoms with Gasteiger partial charge in [0.1, 0.15) is 0 Å². The van der Waals surface area contributed by atoms with Crippen LogP contribution in [-0.2, 0) is 0 Å². The van der Waals surface area contributed by atoms with Crippen molar-refractivity contribution in [1.82, 2.24) is 9.97 Å². The third-order valence-corrected chi connectivity index (χ3v) is 2.27. The molecule has 1 atom stereocenters. The van der Waals surface area contributed by atoms with Gasteiger partial charge in [0, 0.05) is 0 Å². The smallest absolute Gasteiger partial charge is 0.0931 e. The van der Waals surface area contributed by atoms with Crippen molar-refractivity contribution in [2.75, 3.05) is 6.54 Å². The molecule has 0 bridgehead atoms. The van der Waals surface area contributed by atoms with Crippen LogP contribution in [0, 0.1) is 0 Å². The number of nitrogens with one attached hydrogen (secondary N) is 1. The number of aliphatic hydroxyl groups excluding tert-OH is 1. The maximum Gasteiger partial charge on any atom is 0.0931 e. The van der Waals surface area contributed by atoms with Gasteiger partial charge in [-0.25, -0.2) is 4.98 Å². The van der Waals surface area contributed by atoms with Gasteiger partial charge in [-0.2, -0.15) is 0 Å². The van der Waals surface area contributed by atoms with Crippen LogP contribution in [0.1, 0.15) is 18.1 Å². The molecule has 0 aliphatic rings. The predicted octanol–water partition coefficient (Wildman–Crippen LogP) is 0.945. The molecule has 74 valence electrons. The SMILES string of the molecule is NCC[C@@H](O)c1ccc2nc[nH]c2c1. The number of imidazole rings is 1. The summed E-state index contributed by atoms with van der Waals surface area (Å²) in [5.41, 5.74) is 8.11. The Morgan fingerprint density at radius 1 is 1.50 bits per heavy atom. The van der Waals surface area contributed by atoms with E-state index in [2.05, 4.69) is 9.97 Å². The van der Waals surface area contributed by atoms with Crippen molar-refractivity contribution in [3.8, 4) is 0 Å². The van der Waals surface area contributed by atoms with Gasteiger partial charge in [0.2, 0.25) is 0 Å². The summed E-state index contributed by atoms with van der Waals surface area (Å²) in [6.07, 6.45) is 1.75. The van der Waals surface area contributed by atoms with Crippen LogP contribution in [0.25, 0.3) is 11.0 Å². The number of hydrogen-bond acceptors (Lipinski definition) is 3. The van der Waals surface area contributed by atoms with Gasteiger partial charge in [-0.1, -0.05) is 6.07 Å². The number of hydrogen-bond donors (Lipinski definition) is 3. The molecule has 4 nitrogen and oxygen atoms in total. The van der Waals surface area contributed by atoms with Crippen LogP contribution in [0.4, 0.5) is 0 Å². The molecule has 2 aromatic rings. The molecule has 1 aromatic carbocycles. The van der Waals surface area contributed by atoms with Crippen molar-refractivity contribution < 1.29 is 5.11 Å². The topological polar surface area (TPSA) is 74.9 Å². The molecule has 2 rings (SSSR count). The highest BCUT2D eigenvalue weighted by Gasteiger charge is 2.07. The van der Waals surface area contributed by atoms with Crippen molar-refractivity contribution >= 4 is 11.0 Å². The lowest BCUT2D eigenvalue weighted by atomic mass is 10.1. The van der Waals surface area contributed by atoms with E-state index in [1.54, 1.807) is 6.33 Å². The fraction of sp³-hybridized carbons (Fsp3) is 0.300. The number of rotatable bonds is 3. The second kappa shape index (κ2) is 3.77. The van der Waals surface area contributed by atoms with E-state index in [9.17, 15) is 5.11 Å². The lowest BCUT2D eigenvalue weighted by Gasteiger charge is -2.08. The largest absolute Gasteiger partial charge is 0.388 e. The van der Waals surface area contributed by atoms with E-state index in [0.717, 1.165) is 16.6 Å². The fourth-order valence-electron chi connectivity index (χ4n) is 1.49. The maximum absolute atomic E-state index is 9.70. The molecule has 0 saturated carbocycles. The van der Waals surface area contributed by atoms with E-state index >= 15 is 0 Å². The number of fused-ring (bicyclic) bond motifs is 1. The van der Waals surface area contributed by atoms with E-state index < -0.39 is 6.10 Å². The van der Waals surface area contributed by atoms with Crippen LogP contribution in [0.2, 0.25) is 0 Å². The van der Waals surface area contributed by atoms with Crippen LogP contribution in [0.3, 0.4) is 0 Å². The molecule has 0 spiro atoms. The third-order valence-electron chi connectivity index (χ3n) is 2.27. The molecular formula is C10H13N3O. The van der Waals surface area contributed by atoms with E-state index in [0.29, 0.717) is 13.0 Å². The summed E-state index contributed by atoms with van der Waals surface area (Å²) in [6.45, 7) is 0.488. The first-order chi connectivity index (χ1) is 6.81. The van der Waals surface area contributed by atoms with Gasteiger partial charge in [-0.15, -0.1) is 0 Å². The van der Waals surface area contributed by atoms with Gasteiger partial charge in [0.05, 0.1) is 23.5 Å². The van der Waals surface area contributed by atoms with E-state index in [-0.39, 0.29) is 0 Å². The molecule has 0 aliphatic carbocycles. The van der Waals surface area contributed by atoms with Gasteiger partial charge in [0.25, 0.3) is 0 Å². The number of benzene rings is 1. The number of nitrogens with zero attached hydrogens (tertiary/aromatic N) is 1. The number of aromatic amines is 1. The zero-order valence-corrected chi connectivity index (χ0v) is 7.77. The summed E-state index contributed by atoms with van der Waals surface area (Å²) in [5.74, 6) is 0. The minimum atomic E-state index is -0.479. The Balaban J connectivity index is 2.33. The molecule has 1 heterocycles. The Kier molecular flexibility index (Phi) is 2.47. The number of H-pyrrole nitrogens is 1. The monoisotopic (exact) mass is 191 g/mol.